The first-order valence-corrected chi connectivity index (χ1v) is 6.50. The largest absolute Gasteiger partial charge is 0.417 e. The second kappa shape index (κ2) is 5.11. The van der Waals surface area contributed by atoms with Gasteiger partial charge in [-0.15, -0.1) is 0 Å². The van der Waals surface area contributed by atoms with Crippen LogP contribution >= 0.6 is 0 Å². The van der Waals surface area contributed by atoms with Crippen LogP contribution in [0, 0.1) is 0 Å². The van der Waals surface area contributed by atoms with Crippen molar-refractivity contribution in [3.63, 3.8) is 0 Å². The molecular formula is C9H12F3N3O2S. The molecule has 0 aromatic carbocycles. The zero-order valence-corrected chi connectivity index (χ0v) is 10.2. The molecule has 0 radical (unpaired) electrons. The van der Waals surface area contributed by atoms with E-state index >= 15 is 0 Å². The van der Waals surface area contributed by atoms with Gasteiger partial charge >= 0.3 is 6.18 Å². The Morgan fingerprint density at radius 2 is 2.06 bits per heavy atom. The summed E-state index contributed by atoms with van der Waals surface area (Å²) in [4.78, 5) is 3.53. The van der Waals surface area contributed by atoms with Crippen LogP contribution in [0.4, 0.5) is 19.0 Å². The first-order chi connectivity index (χ1) is 8.10. The van der Waals surface area contributed by atoms with Crippen LogP contribution in [0.15, 0.2) is 18.3 Å². The Morgan fingerprint density at radius 3 is 2.44 bits per heavy atom. The number of hydrogen-bond acceptors (Lipinski definition) is 4. The van der Waals surface area contributed by atoms with Crippen LogP contribution in [-0.2, 0) is 16.2 Å². The van der Waals surface area contributed by atoms with Gasteiger partial charge in [0.1, 0.15) is 5.82 Å². The lowest BCUT2D eigenvalue weighted by molar-refractivity contribution is -0.137. The molecule has 9 heteroatoms. The molecule has 5 nitrogen and oxygen atoms in total. The molecule has 1 aromatic rings. The average Bonchev–Trinajstić information content (AvgIpc) is 2.24. The zero-order valence-electron chi connectivity index (χ0n) is 9.40. The van der Waals surface area contributed by atoms with Crippen molar-refractivity contribution in [1.82, 2.24) is 4.98 Å². The minimum absolute atomic E-state index is 0.0306. The number of nitrogens with one attached hydrogen (secondary N) is 1. The first-order valence-electron chi connectivity index (χ1n) is 4.89. The van der Waals surface area contributed by atoms with E-state index in [9.17, 15) is 21.6 Å². The summed E-state index contributed by atoms with van der Waals surface area (Å²) in [5.41, 5.74) is -0.868. The van der Waals surface area contributed by atoms with E-state index in [1.807, 2.05) is 0 Å². The van der Waals surface area contributed by atoms with Gasteiger partial charge in [-0.2, -0.15) is 13.2 Å². The van der Waals surface area contributed by atoms with Gasteiger partial charge in [-0.05, 0) is 19.1 Å². The van der Waals surface area contributed by atoms with Crippen molar-refractivity contribution in [2.75, 3.05) is 11.9 Å². The summed E-state index contributed by atoms with van der Waals surface area (Å²) < 4.78 is 58.5. The summed E-state index contributed by atoms with van der Waals surface area (Å²) in [7, 11) is -3.67. The molecular weight excluding hydrogens is 271 g/mol. The van der Waals surface area contributed by atoms with Crippen molar-refractivity contribution < 1.29 is 21.6 Å². The summed E-state index contributed by atoms with van der Waals surface area (Å²) >= 11 is 0. The maximum atomic E-state index is 12.2. The van der Waals surface area contributed by atoms with Gasteiger partial charge in [0.2, 0.25) is 10.0 Å². The number of alkyl halides is 3. The molecule has 1 heterocycles. The van der Waals surface area contributed by atoms with Crippen molar-refractivity contribution >= 4 is 15.8 Å². The second-order valence-corrected chi connectivity index (χ2v) is 5.69. The quantitative estimate of drug-likeness (QED) is 0.869. The first kappa shape index (κ1) is 14.7. The van der Waals surface area contributed by atoms with Crippen LogP contribution in [0.25, 0.3) is 0 Å². The van der Waals surface area contributed by atoms with Gasteiger partial charge in [0, 0.05) is 12.7 Å². The predicted octanol–water partition coefficient (Wildman–Crippen LogP) is 1.19. The third-order valence-electron chi connectivity index (χ3n) is 2.22. The van der Waals surface area contributed by atoms with Gasteiger partial charge in [0.15, 0.2) is 0 Å². The van der Waals surface area contributed by atoms with Crippen LogP contribution in [0.1, 0.15) is 12.5 Å². The van der Waals surface area contributed by atoms with Crippen LogP contribution in [0.5, 0.6) is 0 Å². The molecule has 0 aliphatic rings. The number of nitrogens with two attached hydrogens (primary N) is 1. The number of halogens is 3. The normalized spacial score (nSPS) is 14.3. The third-order valence-corrected chi connectivity index (χ3v) is 3.51. The molecule has 0 aliphatic heterocycles. The fraction of sp³-hybridized carbons (Fsp3) is 0.444. The minimum Gasteiger partial charge on any atom is -0.369 e. The molecule has 3 N–H and O–H groups in total. The van der Waals surface area contributed by atoms with E-state index in [2.05, 4.69) is 10.3 Å². The van der Waals surface area contributed by atoms with Crippen LogP contribution in [0.3, 0.4) is 0 Å². The number of nitrogens with zero attached hydrogens (tertiary/aromatic N) is 1. The standard InChI is InChI=1S/C9H12F3N3O2S/c1-6(18(13,16)17)4-14-8-3-2-7(5-15-8)9(10,11)12/h2-3,5-6H,4H2,1H3,(H,14,15)(H2,13,16,17)/t6-/m0/s1. The average molecular weight is 283 g/mol. The number of pyridine rings is 1. The molecule has 0 saturated carbocycles. The lowest BCUT2D eigenvalue weighted by Crippen LogP contribution is -2.32. The number of anilines is 1. The summed E-state index contributed by atoms with van der Waals surface area (Å²) in [5, 5.41) is 6.62. The Labute approximate surface area is 102 Å². The lowest BCUT2D eigenvalue weighted by atomic mass is 10.3. The summed E-state index contributed by atoms with van der Waals surface area (Å²) in [6, 6.07) is 1.98. The van der Waals surface area contributed by atoms with Crippen molar-refractivity contribution in [2.24, 2.45) is 5.14 Å². The van der Waals surface area contributed by atoms with Gasteiger partial charge < -0.3 is 5.32 Å². The Kier molecular flexibility index (Phi) is 4.17. The van der Waals surface area contributed by atoms with Crippen LogP contribution in [-0.4, -0.2) is 25.2 Å². The molecule has 102 valence electrons. The molecule has 0 bridgehead atoms. The molecule has 1 atom stereocenters. The van der Waals surface area contributed by atoms with Crippen molar-refractivity contribution in [1.29, 1.82) is 0 Å². The van der Waals surface area contributed by atoms with Crippen LogP contribution < -0.4 is 10.5 Å². The van der Waals surface area contributed by atoms with Crippen molar-refractivity contribution in [3.05, 3.63) is 23.9 Å². The van der Waals surface area contributed by atoms with Crippen LogP contribution in [0.2, 0.25) is 0 Å². The Bertz CT molecular complexity index is 499. The fourth-order valence-electron chi connectivity index (χ4n) is 1.03. The second-order valence-electron chi connectivity index (χ2n) is 3.71. The summed E-state index contributed by atoms with van der Waals surface area (Å²) in [6.07, 6.45) is -3.77. The predicted molar refractivity (Wildman–Crippen MR) is 60.3 cm³/mol. The highest BCUT2D eigenvalue weighted by atomic mass is 32.2. The van der Waals surface area contributed by atoms with Crippen molar-refractivity contribution in [2.45, 2.75) is 18.3 Å². The van der Waals surface area contributed by atoms with Crippen molar-refractivity contribution in [3.8, 4) is 0 Å². The van der Waals surface area contributed by atoms with Gasteiger partial charge in [0.25, 0.3) is 0 Å². The van der Waals surface area contributed by atoms with Gasteiger partial charge in [0.05, 0.1) is 10.8 Å². The SMILES string of the molecule is C[C@@H](CNc1ccc(C(F)(F)F)cn1)S(N)(=O)=O. The molecule has 1 aromatic heterocycles. The Hall–Kier alpha value is -1.35. The van der Waals surface area contributed by atoms with Gasteiger partial charge in [-0.25, -0.2) is 18.5 Å². The monoisotopic (exact) mass is 283 g/mol. The van der Waals surface area contributed by atoms with Gasteiger partial charge in [-0.1, -0.05) is 0 Å². The van der Waals surface area contributed by atoms with E-state index in [1.165, 1.54) is 6.92 Å². The third kappa shape index (κ3) is 4.15. The maximum Gasteiger partial charge on any atom is 0.417 e. The number of hydrogen-bond donors (Lipinski definition) is 2. The number of aromatic nitrogens is 1. The minimum atomic E-state index is -4.45. The highest BCUT2D eigenvalue weighted by Crippen LogP contribution is 2.28. The smallest absolute Gasteiger partial charge is 0.369 e. The van der Waals surface area contributed by atoms with Gasteiger partial charge in [-0.3, -0.25) is 0 Å². The van der Waals surface area contributed by atoms with E-state index in [0.29, 0.717) is 6.20 Å². The number of rotatable bonds is 4. The molecule has 0 aliphatic carbocycles. The molecule has 1 rings (SSSR count). The van der Waals surface area contributed by atoms with E-state index < -0.39 is 27.0 Å². The maximum absolute atomic E-state index is 12.2. The highest BCUT2D eigenvalue weighted by Gasteiger charge is 2.30. The highest BCUT2D eigenvalue weighted by molar-refractivity contribution is 7.89. The lowest BCUT2D eigenvalue weighted by Gasteiger charge is -2.11. The molecule has 0 saturated heterocycles. The molecule has 18 heavy (non-hydrogen) atoms. The summed E-state index contributed by atoms with van der Waals surface area (Å²) in [6.45, 7) is 1.35. The zero-order chi connectivity index (χ0) is 14.0. The molecule has 0 spiro atoms. The Morgan fingerprint density at radius 1 is 1.44 bits per heavy atom. The number of sulfonamides is 1. The van der Waals surface area contributed by atoms with E-state index in [4.69, 9.17) is 5.14 Å². The Balaban J connectivity index is 2.66. The number of primary sulfonamides is 1. The summed E-state index contributed by atoms with van der Waals surface area (Å²) in [5.74, 6) is 0.151. The molecule has 0 amide bonds. The van der Waals surface area contributed by atoms with E-state index in [-0.39, 0.29) is 12.4 Å². The van der Waals surface area contributed by atoms with E-state index in [1.54, 1.807) is 0 Å². The van der Waals surface area contributed by atoms with E-state index in [0.717, 1.165) is 12.1 Å². The topological polar surface area (TPSA) is 85.1 Å². The fourth-order valence-corrected chi connectivity index (χ4v) is 1.35. The molecule has 0 fully saturated rings. The molecule has 0 unspecified atom stereocenters.